The molecule has 0 spiro atoms. The van der Waals surface area contributed by atoms with Crippen LogP contribution in [0.3, 0.4) is 0 Å². The van der Waals surface area contributed by atoms with Crippen LogP contribution in [0.1, 0.15) is 42.2 Å². The molecule has 5 heteroatoms. The highest BCUT2D eigenvalue weighted by Gasteiger charge is 2.28. The molecule has 0 N–H and O–H groups in total. The van der Waals surface area contributed by atoms with Gasteiger partial charge >= 0.3 is 0 Å². The van der Waals surface area contributed by atoms with Gasteiger partial charge in [-0.1, -0.05) is 36.9 Å². The molecule has 1 aliphatic carbocycles. The smallest absolute Gasteiger partial charge is 0.244 e. The van der Waals surface area contributed by atoms with Gasteiger partial charge in [0.25, 0.3) is 0 Å². The lowest BCUT2D eigenvalue weighted by molar-refractivity contribution is 0.0910. The Labute approximate surface area is 152 Å². The van der Waals surface area contributed by atoms with Crippen LogP contribution in [0, 0.1) is 0 Å². The van der Waals surface area contributed by atoms with Gasteiger partial charge in [0.05, 0.1) is 10.8 Å². The van der Waals surface area contributed by atoms with Crippen molar-refractivity contribution in [1.82, 2.24) is 14.1 Å². The van der Waals surface area contributed by atoms with E-state index < -0.39 is 0 Å². The van der Waals surface area contributed by atoms with E-state index in [0.717, 1.165) is 29.9 Å². The first kappa shape index (κ1) is 16.5. The Morgan fingerprint density at radius 1 is 1.28 bits per heavy atom. The van der Waals surface area contributed by atoms with Crippen LogP contribution >= 0.6 is 11.8 Å². The van der Waals surface area contributed by atoms with E-state index in [2.05, 4.69) is 30.1 Å². The quantitative estimate of drug-likeness (QED) is 0.650. The van der Waals surface area contributed by atoms with Crippen LogP contribution in [0.25, 0.3) is 10.9 Å². The molecule has 0 saturated heterocycles. The molecule has 0 saturated carbocycles. The number of fused-ring (bicyclic) bond motifs is 3. The summed E-state index contributed by atoms with van der Waals surface area (Å²) < 4.78 is 3.98. The van der Waals surface area contributed by atoms with Gasteiger partial charge in [-0.3, -0.25) is 9.36 Å². The molecule has 2 heterocycles. The molecule has 1 atom stereocenters. The average molecular weight is 353 g/mol. The maximum Gasteiger partial charge on any atom is 0.244 e. The summed E-state index contributed by atoms with van der Waals surface area (Å²) in [6.45, 7) is 2.08. The second-order valence-electron chi connectivity index (χ2n) is 6.66. The normalized spacial score (nSPS) is 15.3. The summed E-state index contributed by atoms with van der Waals surface area (Å²) >= 11 is 1.57. The Balaban J connectivity index is 1.77. The number of aryl methyl sites for hydroxylation is 2. The minimum Gasteiger partial charge on any atom is -0.329 e. The van der Waals surface area contributed by atoms with E-state index in [0.29, 0.717) is 0 Å². The first-order valence-electron chi connectivity index (χ1n) is 9.00. The molecule has 130 valence electrons. The zero-order valence-electron chi connectivity index (χ0n) is 14.7. The molecule has 3 aromatic rings. The number of hydrogen-bond donors (Lipinski definition) is 0. The highest BCUT2D eigenvalue weighted by Crippen LogP contribution is 2.34. The number of aromatic nitrogens is 3. The van der Waals surface area contributed by atoms with E-state index in [1.54, 1.807) is 18.0 Å². The van der Waals surface area contributed by atoms with E-state index in [4.69, 9.17) is 0 Å². The number of nitrogens with zero attached hydrogens (tertiary/aromatic N) is 3. The Morgan fingerprint density at radius 2 is 2.08 bits per heavy atom. The van der Waals surface area contributed by atoms with E-state index in [9.17, 15) is 4.79 Å². The van der Waals surface area contributed by atoms with Crippen molar-refractivity contribution in [2.75, 3.05) is 0 Å². The first-order valence-corrected chi connectivity index (χ1v) is 9.88. The van der Waals surface area contributed by atoms with Crippen LogP contribution in [0.2, 0.25) is 0 Å². The fourth-order valence-corrected chi connectivity index (χ4v) is 4.77. The van der Waals surface area contributed by atoms with Crippen LogP contribution in [0.15, 0.2) is 41.8 Å². The highest BCUT2D eigenvalue weighted by molar-refractivity contribution is 8.00. The molecule has 4 nitrogen and oxygen atoms in total. The number of para-hydroxylation sites is 1. The van der Waals surface area contributed by atoms with Crippen molar-refractivity contribution in [3.05, 3.63) is 47.9 Å². The van der Waals surface area contributed by atoms with Gasteiger partial charge in [0.1, 0.15) is 0 Å². The number of thioether (sulfide) groups is 1. The summed E-state index contributed by atoms with van der Waals surface area (Å²) in [5.74, 6) is 0.190. The Kier molecular flexibility index (Phi) is 4.42. The summed E-state index contributed by atoms with van der Waals surface area (Å²) in [5, 5.41) is 2.02. The van der Waals surface area contributed by atoms with Crippen LogP contribution < -0.4 is 0 Å². The molecular weight excluding hydrogens is 330 g/mol. The van der Waals surface area contributed by atoms with Gasteiger partial charge in [0.2, 0.25) is 5.91 Å². The zero-order valence-corrected chi connectivity index (χ0v) is 15.6. The van der Waals surface area contributed by atoms with Crippen LogP contribution in [0.4, 0.5) is 0 Å². The number of hydrogen-bond acceptors (Lipinski definition) is 3. The zero-order chi connectivity index (χ0) is 17.4. The minimum atomic E-state index is -0.122. The summed E-state index contributed by atoms with van der Waals surface area (Å²) in [4.78, 5) is 17.8. The fourth-order valence-electron chi connectivity index (χ4n) is 3.79. The lowest BCUT2D eigenvalue weighted by atomic mass is 9.95. The van der Waals surface area contributed by atoms with E-state index in [-0.39, 0.29) is 11.2 Å². The van der Waals surface area contributed by atoms with Gasteiger partial charge in [-0.05, 0) is 43.7 Å². The summed E-state index contributed by atoms with van der Waals surface area (Å²) in [6, 6.07) is 8.36. The van der Waals surface area contributed by atoms with Crippen molar-refractivity contribution >= 4 is 28.6 Å². The summed E-state index contributed by atoms with van der Waals surface area (Å²) in [5.41, 5.74) is 3.68. The molecule has 0 aliphatic heterocycles. The second kappa shape index (κ2) is 6.71. The highest BCUT2D eigenvalue weighted by atomic mass is 32.2. The predicted molar refractivity (Wildman–Crippen MR) is 102 cm³/mol. The maximum atomic E-state index is 13.5. The lowest BCUT2D eigenvalue weighted by Gasteiger charge is -2.19. The third-order valence-corrected chi connectivity index (χ3v) is 6.49. The molecule has 1 aliphatic rings. The lowest BCUT2D eigenvalue weighted by Crippen LogP contribution is -2.26. The molecule has 0 radical (unpaired) electrons. The Bertz CT molecular complexity index is 924. The van der Waals surface area contributed by atoms with Crippen molar-refractivity contribution in [3.8, 4) is 0 Å². The largest absolute Gasteiger partial charge is 0.329 e. The van der Waals surface area contributed by atoms with Gasteiger partial charge in [0, 0.05) is 30.5 Å². The molecule has 1 aromatic carbocycles. The van der Waals surface area contributed by atoms with Gasteiger partial charge < -0.3 is 4.57 Å². The fraction of sp³-hybridized carbons (Fsp3) is 0.400. The van der Waals surface area contributed by atoms with Crippen LogP contribution in [-0.2, 0) is 19.9 Å². The number of carbonyl (C=O) groups excluding carboxylic acids is 1. The summed E-state index contributed by atoms with van der Waals surface area (Å²) in [6.07, 6.45) is 8.96. The third kappa shape index (κ3) is 2.80. The Morgan fingerprint density at radius 3 is 2.84 bits per heavy atom. The third-order valence-electron chi connectivity index (χ3n) is 5.07. The SMILES string of the molecule is CCC(Sc1nccn1C)C(=O)n1c2c(c3ccccc31)CCCC2. The van der Waals surface area contributed by atoms with Gasteiger partial charge in [-0.15, -0.1) is 0 Å². The molecule has 1 unspecified atom stereocenters. The minimum absolute atomic E-state index is 0.122. The van der Waals surface area contributed by atoms with Crippen molar-refractivity contribution in [2.24, 2.45) is 7.05 Å². The van der Waals surface area contributed by atoms with Crippen LogP contribution in [-0.4, -0.2) is 25.3 Å². The molecule has 2 aromatic heterocycles. The molecular formula is C20H23N3OS. The van der Waals surface area contributed by atoms with Gasteiger partial charge in [0.15, 0.2) is 5.16 Å². The second-order valence-corrected chi connectivity index (χ2v) is 7.83. The van der Waals surface area contributed by atoms with E-state index in [1.165, 1.54) is 29.5 Å². The maximum absolute atomic E-state index is 13.5. The number of rotatable bonds is 4. The average Bonchev–Trinajstić information content (AvgIpc) is 3.20. The van der Waals surface area contributed by atoms with E-state index in [1.807, 2.05) is 28.4 Å². The van der Waals surface area contributed by atoms with Crippen molar-refractivity contribution in [1.29, 1.82) is 0 Å². The van der Waals surface area contributed by atoms with Gasteiger partial charge in [-0.2, -0.15) is 0 Å². The van der Waals surface area contributed by atoms with Crippen molar-refractivity contribution < 1.29 is 4.79 Å². The summed E-state index contributed by atoms with van der Waals surface area (Å²) in [7, 11) is 1.97. The molecule has 4 rings (SSSR count). The number of benzene rings is 1. The van der Waals surface area contributed by atoms with E-state index >= 15 is 0 Å². The Hall–Kier alpha value is -2.01. The van der Waals surface area contributed by atoms with Crippen molar-refractivity contribution in [2.45, 2.75) is 49.4 Å². The monoisotopic (exact) mass is 353 g/mol. The molecule has 0 amide bonds. The standard InChI is InChI=1S/C20H23N3OS/c1-3-18(25-20-21-12-13-22(20)2)19(24)23-16-10-6-4-8-14(16)15-9-5-7-11-17(15)23/h4,6,8,10,12-13,18H,3,5,7,9,11H2,1-2H3. The molecule has 0 fully saturated rings. The number of carbonyl (C=O) groups is 1. The topological polar surface area (TPSA) is 39.8 Å². The van der Waals surface area contributed by atoms with Gasteiger partial charge in [-0.25, -0.2) is 4.98 Å². The first-order chi connectivity index (χ1) is 12.2. The van der Waals surface area contributed by atoms with Crippen molar-refractivity contribution in [3.63, 3.8) is 0 Å². The number of imidazole rings is 1. The molecule has 25 heavy (non-hydrogen) atoms. The predicted octanol–water partition coefficient (Wildman–Crippen LogP) is 4.46. The van der Waals surface area contributed by atoms with Crippen LogP contribution in [0.5, 0.6) is 0 Å². The molecule has 0 bridgehead atoms.